The first-order valence-electron chi connectivity index (χ1n) is 7.84. The molecular weight excluding hydrogens is 357 g/mol. The van der Waals surface area contributed by atoms with Crippen LogP contribution in [0.25, 0.3) is 0 Å². The topological polar surface area (TPSA) is 57.8 Å². The summed E-state index contributed by atoms with van der Waals surface area (Å²) in [4.78, 5) is 19.7. The molecule has 0 radical (unpaired) electrons. The Balaban J connectivity index is 1.74. The SMILES string of the molecule is Cc1nc(NCc2ccc(Cl)cc2)[nH]c(=O)c1Cc1ccc(Cl)cc1. The van der Waals surface area contributed by atoms with E-state index >= 15 is 0 Å². The maximum atomic E-state index is 12.4. The molecule has 0 unspecified atom stereocenters. The highest BCUT2D eigenvalue weighted by Gasteiger charge is 2.09. The van der Waals surface area contributed by atoms with Gasteiger partial charge in [0.2, 0.25) is 5.95 Å². The molecule has 0 spiro atoms. The average molecular weight is 374 g/mol. The van der Waals surface area contributed by atoms with Crippen LogP contribution in [0, 0.1) is 6.92 Å². The lowest BCUT2D eigenvalue weighted by Crippen LogP contribution is -2.19. The second kappa shape index (κ2) is 7.72. The lowest BCUT2D eigenvalue weighted by atomic mass is 10.1. The van der Waals surface area contributed by atoms with Gasteiger partial charge in [0.05, 0.1) is 5.69 Å². The van der Waals surface area contributed by atoms with Gasteiger partial charge in [0.1, 0.15) is 0 Å². The van der Waals surface area contributed by atoms with Gasteiger partial charge in [-0.25, -0.2) is 4.98 Å². The van der Waals surface area contributed by atoms with Gasteiger partial charge in [-0.3, -0.25) is 9.78 Å². The first-order valence-corrected chi connectivity index (χ1v) is 8.59. The Bertz CT molecular complexity index is 919. The van der Waals surface area contributed by atoms with Crippen LogP contribution in [0.5, 0.6) is 0 Å². The molecule has 3 aromatic rings. The third kappa shape index (κ3) is 4.62. The minimum absolute atomic E-state index is 0.138. The van der Waals surface area contributed by atoms with Gasteiger partial charge in [-0.2, -0.15) is 0 Å². The minimum Gasteiger partial charge on any atom is -0.352 e. The largest absolute Gasteiger partial charge is 0.352 e. The summed E-state index contributed by atoms with van der Waals surface area (Å²) >= 11 is 11.8. The van der Waals surface area contributed by atoms with Gasteiger partial charge >= 0.3 is 0 Å². The van der Waals surface area contributed by atoms with Crippen molar-refractivity contribution in [2.75, 3.05) is 5.32 Å². The molecule has 0 aliphatic heterocycles. The molecule has 1 aromatic heterocycles. The summed E-state index contributed by atoms with van der Waals surface area (Å²) in [6.07, 6.45) is 0.517. The quantitative estimate of drug-likeness (QED) is 0.687. The first kappa shape index (κ1) is 17.5. The number of benzene rings is 2. The summed E-state index contributed by atoms with van der Waals surface area (Å²) < 4.78 is 0. The monoisotopic (exact) mass is 373 g/mol. The van der Waals surface area contributed by atoms with E-state index < -0.39 is 0 Å². The molecule has 0 amide bonds. The molecule has 0 aliphatic carbocycles. The van der Waals surface area contributed by atoms with Crippen molar-refractivity contribution in [1.82, 2.24) is 9.97 Å². The predicted molar refractivity (Wildman–Crippen MR) is 103 cm³/mol. The minimum atomic E-state index is -0.138. The van der Waals surface area contributed by atoms with E-state index in [1.54, 1.807) is 0 Å². The van der Waals surface area contributed by atoms with Gasteiger partial charge in [0.25, 0.3) is 5.56 Å². The highest BCUT2D eigenvalue weighted by atomic mass is 35.5. The Morgan fingerprint density at radius 2 is 1.52 bits per heavy atom. The normalized spacial score (nSPS) is 10.7. The lowest BCUT2D eigenvalue weighted by molar-refractivity contribution is 0.958. The second-order valence-electron chi connectivity index (χ2n) is 5.76. The van der Waals surface area contributed by atoms with E-state index in [4.69, 9.17) is 23.2 Å². The second-order valence-corrected chi connectivity index (χ2v) is 6.63. The van der Waals surface area contributed by atoms with Crippen molar-refractivity contribution in [3.63, 3.8) is 0 Å². The summed E-state index contributed by atoms with van der Waals surface area (Å²) in [7, 11) is 0. The molecule has 4 nitrogen and oxygen atoms in total. The molecular formula is C19H17Cl2N3O. The lowest BCUT2D eigenvalue weighted by Gasteiger charge is -2.09. The Morgan fingerprint density at radius 3 is 2.08 bits per heavy atom. The molecule has 1 heterocycles. The molecule has 6 heteroatoms. The van der Waals surface area contributed by atoms with E-state index in [2.05, 4.69) is 15.3 Å². The third-order valence-electron chi connectivity index (χ3n) is 3.89. The molecule has 0 aliphatic rings. The van der Waals surface area contributed by atoms with E-state index in [-0.39, 0.29) is 5.56 Å². The number of nitrogens with zero attached hydrogens (tertiary/aromatic N) is 1. The van der Waals surface area contributed by atoms with Gasteiger partial charge < -0.3 is 5.32 Å². The summed E-state index contributed by atoms with van der Waals surface area (Å²) in [5, 5.41) is 4.50. The molecule has 3 rings (SSSR count). The summed E-state index contributed by atoms with van der Waals surface area (Å²) in [5.41, 5.74) is 3.29. The zero-order valence-electron chi connectivity index (χ0n) is 13.6. The molecule has 0 atom stereocenters. The van der Waals surface area contributed by atoms with Gasteiger partial charge in [0.15, 0.2) is 0 Å². The number of hydrogen-bond donors (Lipinski definition) is 2. The third-order valence-corrected chi connectivity index (χ3v) is 4.39. The van der Waals surface area contributed by atoms with Crippen molar-refractivity contribution in [2.24, 2.45) is 0 Å². The number of nitrogens with one attached hydrogen (secondary N) is 2. The van der Waals surface area contributed by atoms with Crippen molar-refractivity contribution in [3.8, 4) is 0 Å². The zero-order valence-corrected chi connectivity index (χ0v) is 15.2. The van der Waals surface area contributed by atoms with Crippen molar-refractivity contribution in [3.05, 3.63) is 91.3 Å². The first-order chi connectivity index (χ1) is 12.0. The highest BCUT2D eigenvalue weighted by Crippen LogP contribution is 2.14. The molecule has 0 fully saturated rings. The highest BCUT2D eigenvalue weighted by molar-refractivity contribution is 6.30. The number of H-pyrrole nitrogens is 1. The standard InChI is InChI=1S/C19H17Cl2N3O/c1-12-17(10-13-2-6-15(20)7-3-13)18(25)24-19(23-12)22-11-14-4-8-16(21)9-5-14/h2-9H,10-11H2,1H3,(H2,22,23,24,25). The van der Waals surface area contributed by atoms with Crippen LogP contribution in [0.15, 0.2) is 53.3 Å². The number of aromatic nitrogens is 2. The number of anilines is 1. The summed E-state index contributed by atoms with van der Waals surface area (Å²) in [6, 6.07) is 15.0. The van der Waals surface area contributed by atoms with Crippen LogP contribution < -0.4 is 10.9 Å². The van der Waals surface area contributed by atoms with Gasteiger partial charge in [-0.1, -0.05) is 47.5 Å². The summed E-state index contributed by atoms with van der Waals surface area (Å²) in [5.74, 6) is 0.456. The van der Waals surface area contributed by atoms with Crippen LogP contribution in [-0.2, 0) is 13.0 Å². The van der Waals surface area contributed by atoms with E-state index in [1.807, 2.05) is 55.5 Å². The summed E-state index contributed by atoms with van der Waals surface area (Å²) in [6.45, 7) is 2.39. The molecule has 0 saturated carbocycles. The van der Waals surface area contributed by atoms with Crippen molar-refractivity contribution >= 4 is 29.2 Å². The Morgan fingerprint density at radius 1 is 0.960 bits per heavy atom. The van der Waals surface area contributed by atoms with E-state index in [0.29, 0.717) is 40.2 Å². The van der Waals surface area contributed by atoms with Crippen LogP contribution in [-0.4, -0.2) is 9.97 Å². The predicted octanol–water partition coefficient (Wildman–Crippen LogP) is 4.59. The van der Waals surface area contributed by atoms with Gasteiger partial charge in [-0.15, -0.1) is 0 Å². The van der Waals surface area contributed by atoms with Crippen LogP contribution >= 0.6 is 23.2 Å². The molecule has 2 N–H and O–H groups in total. The van der Waals surface area contributed by atoms with Gasteiger partial charge in [-0.05, 0) is 42.3 Å². The Kier molecular flexibility index (Phi) is 5.41. The Hall–Kier alpha value is -2.30. The van der Waals surface area contributed by atoms with E-state index in [0.717, 1.165) is 11.1 Å². The van der Waals surface area contributed by atoms with Crippen LogP contribution in [0.3, 0.4) is 0 Å². The van der Waals surface area contributed by atoms with Crippen LogP contribution in [0.4, 0.5) is 5.95 Å². The number of aromatic amines is 1. The fourth-order valence-electron chi connectivity index (χ4n) is 2.50. The van der Waals surface area contributed by atoms with E-state index in [9.17, 15) is 4.79 Å². The van der Waals surface area contributed by atoms with Crippen molar-refractivity contribution in [2.45, 2.75) is 19.9 Å². The molecule has 128 valence electrons. The fraction of sp³-hybridized carbons (Fsp3) is 0.158. The maximum absolute atomic E-state index is 12.4. The van der Waals surface area contributed by atoms with Crippen molar-refractivity contribution in [1.29, 1.82) is 0 Å². The van der Waals surface area contributed by atoms with Crippen LogP contribution in [0.2, 0.25) is 10.0 Å². The zero-order chi connectivity index (χ0) is 17.8. The molecule has 0 saturated heterocycles. The number of halogens is 2. The van der Waals surface area contributed by atoms with E-state index in [1.165, 1.54) is 0 Å². The fourth-order valence-corrected chi connectivity index (χ4v) is 2.75. The number of rotatable bonds is 5. The molecule has 25 heavy (non-hydrogen) atoms. The molecule has 0 bridgehead atoms. The average Bonchev–Trinajstić information content (AvgIpc) is 2.59. The Labute approximate surface area is 155 Å². The van der Waals surface area contributed by atoms with Crippen LogP contribution in [0.1, 0.15) is 22.4 Å². The maximum Gasteiger partial charge on any atom is 0.256 e. The van der Waals surface area contributed by atoms with Crippen molar-refractivity contribution < 1.29 is 0 Å². The van der Waals surface area contributed by atoms with Gasteiger partial charge in [0, 0.05) is 28.6 Å². The number of hydrogen-bond acceptors (Lipinski definition) is 3. The smallest absolute Gasteiger partial charge is 0.256 e. The number of aryl methyl sites for hydroxylation is 1. The molecule has 2 aromatic carbocycles.